The maximum absolute atomic E-state index is 6.34. The lowest BCUT2D eigenvalue weighted by Gasteiger charge is -2.40. The number of hydrogen-bond acceptors (Lipinski definition) is 7. The van der Waals surface area contributed by atoms with Crippen LogP contribution in [0.25, 0.3) is 0 Å². The molecule has 0 amide bonds. The number of nitrogens with zero attached hydrogens (tertiary/aromatic N) is 6. The van der Waals surface area contributed by atoms with E-state index in [0.29, 0.717) is 23.5 Å². The van der Waals surface area contributed by atoms with Crippen molar-refractivity contribution in [3.05, 3.63) is 58.5 Å². The number of aromatic nitrogens is 4. The SMILES string of the molecule is C[C@@H]1CN(c2ncccc2Cl)CCN1c1nc(Cl)nc(Nc2ccc(C(C)(C)C)cc2)n1. The number of nitrogens with one attached hydrogen (secondary N) is 1. The zero-order valence-electron chi connectivity index (χ0n) is 18.7. The summed E-state index contributed by atoms with van der Waals surface area (Å²) < 4.78 is 0. The molecule has 4 rings (SSSR count). The molecule has 0 unspecified atom stereocenters. The molecule has 1 N–H and O–H groups in total. The van der Waals surface area contributed by atoms with Gasteiger partial charge in [0, 0.05) is 37.6 Å². The van der Waals surface area contributed by atoms with Gasteiger partial charge in [0.05, 0.1) is 5.02 Å². The Morgan fingerprint density at radius 2 is 1.75 bits per heavy atom. The molecule has 0 radical (unpaired) electrons. The molecule has 1 aliphatic heterocycles. The van der Waals surface area contributed by atoms with Crippen LogP contribution in [-0.4, -0.2) is 45.6 Å². The second-order valence-electron chi connectivity index (χ2n) is 8.98. The van der Waals surface area contributed by atoms with E-state index in [1.807, 2.05) is 24.3 Å². The smallest absolute Gasteiger partial charge is 0.233 e. The fraction of sp³-hybridized carbons (Fsp3) is 0.391. The van der Waals surface area contributed by atoms with E-state index in [9.17, 15) is 0 Å². The van der Waals surface area contributed by atoms with Crippen LogP contribution in [0, 0.1) is 0 Å². The van der Waals surface area contributed by atoms with E-state index < -0.39 is 0 Å². The van der Waals surface area contributed by atoms with Crippen molar-refractivity contribution >= 4 is 46.6 Å². The first-order chi connectivity index (χ1) is 15.2. The average molecular weight is 472 g/mol. The number of piperazine rings is 1. The lowest BCUT2D eigenvalue weighted by Crippen LogP contribution is -2.53. The van der Waals surface area contributed by atoms with Crippen molar-refractivity contribution in [2.75, 3.05) is 34.8 Å². The predicted molar refractivity (Wildman–Crippen MR) is 132 cm³/mol. The fourth-order valence-electron chi connectivity index (χ4n) is 3.76. The Labute approximate surface area is 198 Å². The summed E-state index contributed by atoms with van der Waals surface area (Å²) in [6.07, 6.45) is 1.76. The number of pyridine rings is 1. The molecule has 1 atom stereocenters. The summed E-state index contributed by atoms with van der Waals surface area (Å²) in [7, 11) is 0. The van der Waals surface area contributed by atoms with E-state index in [1.165, 1.54) is 5.56 Å². The van der Waals surface area contributed by atoms with Gasteiger partial charge in [0.25, 0.3) is 0 Å². The summed E-state index contributed by atoms with van der Waals surface area (Å²) >= 11 is 12.6. The summed E-state index contributed by atoms with van der Waals surface area (Å²) in [5.74, 6) is 1.78. The summed E-state index contributed by atoms with van der Waals surface area (Å²) in [6.45, 7) is 10.9. The molecule has 0 aliphatic carbocycles. The van der Waals surface area contributed by atoms with Crippen molar-refractivity contribution in [3.63, 3.8) is 0 Å². The number of benzene rings is 1. The quantitative estimate of drug-likeness (QED) is 0.551. The zero-order chi connectivity index (χ0) is 22.9. The summed E-state index contributed by atoms with van der Waals surface area (Å²) in [5, 5.41) is 4.06. The second-order valence-corrected chi connectivity index (χ2v) is 9.72. The zero-order valence-corrected chi connectivity index (χ0v) is 20.2. The van der Waals surface area contributed by atoms with Crippen LogP contribution in [0.5, 0.6) is 0 Å². The van der Waals surface area contributed by atoms with E-state index in [-0.39, 0.29) is 16.7 Å². The van der Waals surface area contributed by atoms with Gasteiger partial charge in [-0.15, -0.1) is 0 Å². The molecule has 1 saturated heterocycles. The molecule has 0 bridgehead atoms. The van der Waals surface area contributed by atoms with Crippen LogP contribution in [0.3, 0.4) is 0 Å². The van der Waals surface area contributed by atoms with Crippen molar-refractivity contribution in [1.29, 1.82) is 0 Å². The normalized spacial score (nSPS) is 16.9. The van der Waals surface area contributed by atoms with Crippen molar-refractivity contribution in [2.45, 2.75) is 39.2 Å². The first-order valence-corrected chi connectivity index (χ1v) is 11.4. The highest BCUT2D eigenvalue weighted by Crippen LogP contribution is 2.28. The standard InChI is InChI=1S/C23H27Cl2N7/c1-15-14-31(19-18(24)6-5-11-26-19)12-13-32(15)22-29-20(25)28-21(30-22)27-17-9-7-16(8-10-17)23(2,3)4/h5-11,15H,12-14H2,1-4H3,(H,27,28,29,30)/t15-/m1/s1. The molecule has 168 valence electrons. The number of hydrogen-bond donors (Lipinski definition) is 1. The van der Waals surface area contributed by atoms with Crippen LogP contribution in [0.15, 0.2) is 42.6 Å². The number of anilines is 4. The van der Waals surface area contributed by atoms with Gasteiger partial charge in [0.15, 0.2) is 0 Å². The predicted octanol–water partition coefficient (Wildman–Crippen LogP) is 5.33. The molecule has 0 spiro atoms. The van der Waals surface area contributed by atoms with Crippen LogP contribution in [0.4, 0.5) is 23.4 Å². The average Bonchev–Trinajstić information content (AvgIpc) is 2.73. The highest BCUT2D eigenvalue weighted by atomic mass is 35.5. The highest BCUT2D eigenvalue weighted by molar-refractivity contribution is 6.32. The molecule has 3 aromatic rings. The molecule has 2 aromatic heterocycles. The van der Waals surface area contributed by atoms with E-state index >= 15 is 0 Å². The first kappa shape index (κ1) is 22.6. The molecule has 1 fully saturated rings. The Bertz CT molecular complexity index is 1080. The Balaban J connectivity index is 1.50. The third kappa shape index (κ3) is 5.05. The monoisotopic (exact) mass is 471 g/mol. The molecule has 0 saturated carbocycles. The first-order valence-electron chi connectivity index (χ1n) is 10.6. The van der Waals surface area contributed by atoms with Gasteiger partial charge in [-0.3, -0.25) is 0 Å². The van der Waals surface area contributed by atoms with Crippen LogP contribution < -0.4 is 15.1 Å². The minimum atomic E-state index is 0.0972. The topological polar surface area (TPSA) is 70.1 Å². The molecule has 32 heavy (non-hydrogen) atoms. The minimum absolute atomic E-state index is 0.0972. The minimum Gasteiger partial charge on any atom is -0.352 e. The van der Waals surface area contributed by atoms with Gasteiger partial charge < -0.3 is 15.1 Å². The fourth-order valence-corrected chi connectivity index (χ4v) is 4.16. The largest absolute Gasteiger partial charge is 0.352 e. The van der Waals surface area contributed by atoms with Crippen LogP contribution in [-0.2, 0) is 5.41 Å². The molecule has 7 nitrogen and oxygen atoms in total. The van der Waals surface area contributed by atoms with E-state index in [4.69, 9.17) is 23.2 Å². The van der Waals surface area contributed by atoms with Crippen LogP contribution in [0.2, 0.25) is 10.3 Å². The van der Waals surface area contributed by atoms with Gasteiger partial charge in [-0.05, 0) is 53.8 Å². The molecular formula is C23H27Cl2N7. The van der Waals surface area contributed by atoms with Gasteiger partial charge in [0.1, 0.15) is 5.82 Å². The Morgan fingerprint density at radius 3 is 2.41 bits per heavy atom. The highest BCUT2D eigenvalue weighted by Gasteiger charge is 2.28. The molecule has 9 heteroatoms. The van der Waals surface area contributed by atoms with E-state index in [2.05, 4.69) is 74.9 Å². The van der Waals surface area contributed by atoms with Gasteiger partial charge >= 0.3 is 0 Å². The number of halogens is 2. The van der Waals surface area contributed by atoms with Gasteiger partial charge in [-0.2, -0.15) is 15.0 Å². The lowest BCUT2D eigenvalue weighted by molar-refractivity contribution is 0.537. The van der Waals surface area contributed by atoms with Gasteiger partial charge in [-0.1, -0.05) is 44.5 Å². The molecule has 1 aromatic carbocycles. The summed E-state index contributed by atoms with van der Waals surface area (Å²) in [6, 6.07) is 12.1. The second kappa shape index (κ2) is 9.08. The number of rotatable bonds is 4. The maximum atomic E-state index is 6.34. The molecule has 1 aliphatic rings. The Hall–Kier alpha value is -2.64. The Kier molecular flexibility index (Phi) is 6.40. The third-order valence-electron chi connectivity index (χ3n) is 5.53. The van der Waals surface area contributed by atoms with Crippen molar-refractivity contribution in [2.24, 2.45) is 0 Å². The maximum Gasteiger partial charge on any atom is 0.233 e. The van der Waals surface area contributed by atoms with Crippen molar-refractivity contribution < 1.29 is 0 Å². The summed E-state index contributed by atoms with van der Waals surface area (Å²) in [5.41, 5.74) is 2.26. The molecule has 3 heterocycles. The van der Waals surface area contributed by atoms with E-state index in [0.717, 1.165) is 24.6 Å². The van der Waals surface area contributed by atoms with Gasteiger partial charge in [0.2, 0.25) is 17.2 Å². The molecular weight excluding hydrogens is 445 g/mol. The lowest BCUT2D eigenvalue weighted by atomic mass is 9.87. The van der Waals surface area contributed by atoms with E-state index in [1.54, 1.807) is 6.20 Å². The third-order valence-corrected chi connectivity index (χ3v) is 5.99. The van der Waals surface area contributed by atoms with Crippen LogP contribution >= 0.6 is 23.2 Å². The van der Waals surface area contributed by atoms with Crippen molar-refractivity contribution in [3.8, 4) is 0 Å². The van der Waals surface area contributed by atoms with Crippen LogP contribution in [0.1, 0.15) is 33.3 Å². The van der Waals surface area contributed by atoms with Crippen molar-refractivity contribution in [1.82, 2.24) is 19.9 Å². The summed E-state index contributed by atoms with van der Waals surface area (Å²) in [4.78, 5) is 22.0. The van der Waals surface area contributed by atoms with Gasteiger partial charge in [-0.25, -0.2) is 4.98 Å². The Morgan fingerprint density at radius 1 is 1.00 bits per heavy atom.